The number of benzene rings is 1. The molecule has 0 saturated heterocycles. The van der Waals surface area contributed by atoms with Crippen molar-refractivity contribution >= 4 is 23.3 Å². The fourth-order valence-corrected chi connectivity index (χ4v) is 3.12. The number of carbonyl (C=O) groups is 2. The number of fused-ring (bicyclic) bond motifs is 3. The maximum absolute atomic E-state index is 11.4. The molecule has 1 aromatic rings. The largest absolute Gasteiger partial charge is 0.480 e. The first-order valence-corrected chi connectivity index (χ1v) is 6.64. The molecule has 1 aromatic carbocycles. The number of rotatable bonds is 2. The Hall–Kier alpha value is -2.30. The lowest BCUT2D eigenvalue weighted by atomic mass is 9.79. The minimum atomic E-state index is -0.819. The Kier molecular flexibility index (Phi) is 2.97. The maximum atomic E-state index is 11.4. The predicted octanol–water partition coefficient (Wildman–Crippen LogP) is 2.18. The molecule has 0 aromatic heterocycles. The van der Waals surface area contributed by atoms with Crippen LogP contribution in [0.15, 0.2) is 30.4 Å². The summed E-state index contributed by atoms with van der Waals surface area (Å²) in [5, 5.41) is 15.2. The van der Waals surface area contributed by atoms with Crippen LogP contribution < -0.4 is 10.6 Å². The van der Waals surface area contributed by atoms with Crippen LogP contribution in [0.1, 0.15) is 24.8 Å². The summed E-state index contributed by atoms with van der Waals surface area (Å²) in [6.45, 7) is 1.47. The number of anilines is 2. The van der Waals surface area contributed by atoms with Crippen LogP contribution in [-0.2, 0) is 9.59 Å². The molecule has 3 rings (SSSR count). The van der Waals surface area contributed by atoms with Gasteiger partial charge in [-0.05, 0) is 30.2 Å². The molecule has 5 heteroatoms. The van der Waals surface area contributed by atoms with Crippen LogP contribution in [0.2, 0.25) is 0 Å². The van der Waals surface area contributed by atoms with Crippen LogP contribution in [-0.4, -0.2) is 23.0 Å². The van der Waals surface area contributed by atoms with Crippen LogP contribution in [0.3, 0.4) is 0 Å². The summed E-state index contributed by atoms with van der Waals surface area (Å²) in [5.41, 5.74) is 2.62. The van der Waals surface area contributed by atoms with Gasteiger partial charge in [0.05, 0.1) is 0 Å². The number of nitrogens with one attached hydrogen (secondary N) is 2. The van der Waals surface area contributed by atoms with Crippen molar-refractivity contribution in [1.82, 2.24) is 0 Å². The van der Waals surface area contributed by atoms with Gasteiger partial charge in [-0.1, -0.05) is 12.2 Å². The molecule has 0 radical (unpaired) electrons. The number of carboxylic acids is 1. The maximum Gasteiger partial charge on any atom is 0.326 e. The van der Waals surface area contributed by atoms with Crippen molar-refractivity contribution in [2.45, 2.75) is 25.3 Å². The smallest absolute Gasteiger partial charge is 0.326 e. The molecule has 0 bridgehead atoms. The number of allylic oxidation sites excluding steroid dienone is 2. The van der Waals surface area contributed by atoms with Crippen LogP contribution in [0.5, 0.6) is 0 Å². The van der Waals surface area contributed by atoms with E-state index in [9.17, 15) is 14.7 Å². The second-order valence-corrected chi connectivity index (χ2v) is 5.30. The summed E-state index contributed by atoms with van der Waals surface area (Å²) in [4.78, 5) is 22.5. The van der Waals surface area contributed by atoms with Gasteiger partial charge in [-0.25, -0.2) is 4.79 Å². The zero-order valence-corrected chi connectivity index (χ0v) is 11.1. The zero-order valence-electron chi connectivity index (χ0n) is 11.1. The van der Waals surface area contributed by atoms with Crippen molar-refractivity contribution in [1.29, 1.82) is 0 Å². The van der Waals surface area contributed by atoms with E-state index >= 15 is 0 Å². The van der Waals surface area contributed by atoms with Crippen LogP contribution in [0, 0.1) is 5.92 Å². The van der Waals surface area contributed by atoms with Gasteiger partial charge in [-0.3, -0.25) is 4.79 Å². The van der Waals surface area contributed by atoms with Crippen molar-refractivity contribution in [2.75, 3.05) is 10.6 Å². The first-order chi connectivity index (χ1) is 9.56. The summed E-state index contributed by atoms with van der Waals surface area (Å²) in [7, 11) is 0. The Labute approximate surface area is 116 Å². The van der Waals surface area contributed by atoms with Gasteiger partial charge >= 0.3 is 5.97 Å². The number of amides is 1. The van der Waals surface area contributed by atoms with Gasteiger partial charge in [0.15, 0.2) is 0 Å². The van der Waals surface area contributed by atoms with Crippen molar-refractivity contribution in [3.05, 3.63) is 35.9 Å². The van der Waals surface area contributed by atoms with Crippen LogP contribution >= 0.6 is 0 Å². The Balaban J connectivity index is 2.00. The molecule has 104 valence electrons. The SMILES string of the molecule is CC(=O)Nc1ccc2c(c1)[C@H]1C=CC[C@@H]1[C@@H](C(=O)O)N2. The van der Waals surface area contributed by atoms with E-state index in [0.717, 1.165) is 23.4 Å². The number of carboxylic acid groups (broad SMARTS) is 1. The summed E-state index contributed by atoms with van der Waals surface area (Å²) >= 11 is 0. The van der Waals surface area contributed by atoms with Crippen molar-refractivity contribution in [2.24, 2.45) is 5.92 Å². The Morgan fingerprint density at radius 2 is 2.20 bits per heavy atom. The van der Waals surface area contributed by atoms with Gasteiger partial charge in [0.1, 0.15) is 6.04 Å². The van der Waals surface area contributed by atoms with Gasteiger partial charge in [-0.15, -0.1) is 0 Å². The van der Waals surface area contributed by atoms with Crippen LogP contribution in [0.4, 0.5) is 11.4 Å². The van der Waals surface area contributed by atoms with Gasteiger partial charge in [0.25, 0.3) is 0 Å². The van der Waals surface area contributed by atoms with E-state index in [1.807, 2.05) is 18.2 Å². The lowest BCUT2D eigenvalue weighted by Crippen LogP contribution is -2.41. The predicted molar refractivity (Wildman–Crippen MR) is 75.8 cm³/mol. The number of hydrogen-bond donors (Lipinski definition) is 3. The lowest BCUT2D eigenvalue weighted by Gasteiger charge is -2.34. The molecule has 0 unspecified atom stereocenters. The van der Waals surface area contributed by atoms with Gasteiger partial charge in [0, 0.05) is 30.1 Å². The van der Waals surface area contributed by atoms with Gasteiger partial charge < -0.3 is 15.7 Å². The Morgan fingerprint density at radius 3 is 2.90 bits per heavy atom. The third kappa shape index (κ3) is 2.05. The average molecular weight is 272 g/mol. The van der Waals surface area contributed by atoms with E-state index in [2.05, 4.69) is 16.7 Å². The van der Waals surface area contributed by atoms with E-state index in [0.29, 0.717) is 0 Å². The quantitative estimate of drug-likeness (QED) is 0.721. The Bertz CT molecular complexity index is 609. The molecule has 0 fully saturated rings. The van der Waals surface area contributed by atoms with E-state index in [-0.39, 0.29) is 17.7 Å². The number of carbonyl (C=O) groups excluding carboxylic acids is 1. The summed E-state index contributed by atoms with van der Waals surface area (Å²) in [5.74, 6) is -0.801. The molecule has 2 aliphatic rings. The third-order valence-electron chi connectivity index (χ3n) is 3.95. The highest BCUT2D eigenvalue weighted by Gasteiger charge is 2.40. The van der Waals surface area contributed by atoms with Crippen molar-refractivity contribution in [3.8, 4) is 0 Å². The molecule has 0 saturated carbocycles. The average Bonchev–Trinajstić information content (AvgIpc) is 2.86. The molecule has 0 spiro atoms. The third-order valence-corrected chi connectivity index (χ3v) is 3.95. The molecule has 1 heterocycles. The highest BCUT2D eigenvalue weighted by atomic mass is 16.4. The minimum Gasteiger partial charge on any atom is -0.480 e. The molecular weight excluding hydrogens is 256 g/mol. The number of hydrogen-bond acceptors (Lipinski definition) is 3. The minimum absolute atomic E-state index is 0.0348. The molecule has 1 aliphatic carbocycles. The molecule has 3 N–H and O–H groups in total. The van der Waals surface area contributed by atoms with E-state index in [1.54, 1.807) is 6.07 Å². The highest BCUT2D eigenvalue weighted by molar-refractivity contribution is 5.89. The van der Waals surface area contributed by atoms with Gasteiger partial charge in [0.2, 0.25) is 5.91 Å². The van der Waals surface area contributed by atoms with Crippen LogP contribution in [0.25, 0.3) is 0 Å². The lowest BCUT2D eigenvalue weighted by molar-refractivity contribution is -0.139. The van der Waals surface area contributed by atoms with Crippen molar-refractivity contribution < 1.29 is 14.7 Å². The van der Waals surface area contributed by atoms with Crippen molar-refractivity contribution in [3.63, 3.8) is 0 Å². The second-order valence-electron chi connectivity index (χ2n) is 5.30. The molecule has 20 heavy (non-hydrogen) atoms. The second kappa shape index (κ2) is 4.67. The zero-order chi connectivity index (χ0) is 14.3. The summed E-state index contributed by atoms with van der Waals surface area (Å²) in [6.07, 6.45) is 4.86. The highest BCUT2D eigenvalue weighted by Crippen LogP contribution is 2.45. The molecule has 1 aliphatic heterocycles. The molecule has 5 nitrogen and oxygen atoms in total. The Morgan fingerprint density at radius 1 is 1.40 bits per heavy atom. The molecular formula is C15H16N2O3. The molecule has 1 amide bonds. The van der Waals surface area contributed by atoms with E-state index in [4.69, 9.17) is 0 Å². The monoisotopic (exact) mass is 272 g/mol. The summed E-state index contributed by atoms with van der Waals surface area (Å²) in [6, 6.07) is 4.98. The van der Waals surface area contributed by atoms with Gasteiger partial charge in [-0.2, -0.15) is 0 Å². The topological polar surface area (TPSA) is 78.4 Å². The van der Waals surface area contributed by atoms with E-state index in [1.165, 1.54) is 6.92 Å². The normalized spacial score (nSPS) is 26.4. The number of aliphatic carboxylic acids is 1. The first kappa shape index (κ1) is 12.7. The van der Waals surface area contributed by atoms with E-state index < -0.39 is 12.0 Å². The standard InChI is InChI=1S/C15H16N2O3/c1-8(18)16-9-5-6-13-12(7-9)10-3-2-4-11(10)14(17-13)15(19)20/h2-3,5-7,10-11,14,17H,4H2,1H3,(H,16,18)(H,19,20)/t10-,11-,14-/m0/s1. The first-order valence-electron chi connectivity index (χ1n) is 6.64. The fourth-order valence-electron chi connectivity index (χ4n) is 3.12. The summed E-state index contributed by atoms with van der Waals surface area (Å²) < 4.78 is 0. The fraction of sp³-hybridized carbons (Fsp3) is 0.333. The molecule has 3 atom stereocenters.